The summed E-state index contributed by atoms with van der Waals surface area (Å²) in [6.07, 6.45) is 0.824. The van der Waals surface area contributed by atoms with Crippen LogP contribution in [-0.2, 0) is 6.42 Å². The number of nitrogens with zero attached hydrogens (tertiary/aromatic N) is 2. The lowest BCUT2D eigenvalue weighted by Gasteiger charge is -2.10. The van der Waals surface area contributed by atoms with E-state index >= 15 is 0 Å². The summed E-state index contributed by atoms with van der Waals surface area (Å²) in [4.78, 5) is 21.2. The SMILES string of the molecule is Cc1nc(NCCc2ccc(Cl)cc2)cc(C(=O)Nc2ccccc2C)n1. The topological polar surface area (TPSA) is 66.9 Å². The zero-order valence-electron chi connectivity index (χ0n) is 15.3. The molecule has 3 rings (SSSR count). The third-order valence-corrected chi connectivity index (χ3v) is 4.35. The zero-order chi connectivity index (χ0) is 19.2. The molecule has 0 aliphatic carbocycles. The molecule has 0 spiro atoms. The number of hydrogen-bond acceptors (Lipinski definition) is 4. The summed E-state index contributed by atoms with van der Waals surface area (Å²) >= 11 is 5.90. The lowest BCUT2D eigenvalue weighted by Crippen LogP contribution is -2.17. The van der Waals surface area contributed by atoms with Crippen LogP contribution in [0.1, 0.15) is 27.4 Å². The van der Waals surface area contributed by atoms with Crippen LogP contribution in [0.5, 0.6) is 0 Å². The number of anilines is 2. The number of amides is 1. The minimum atomic E-state index is -0.254. The van der Waals surface area contributed by atoms with Gasteiger partial charge in [0.2, 0.25) is 0 Å². The van der Waals surface area contributed by atoms with E-state index in [9.17, 15) is 4.79 Å². The number of carbonyl (C=O) groups is 1. The molecule has 2 N–H and O–H groups in total. The van der Waals surface area contributed by atoms with Crippen LogP contribution < -0.4 is 10.6 Å². The van der Waals surface area contributed by atoms with E-state index in [1.165, 1.54) is 5.56 Å². The Bertz CT molecular complexity index is 941. The first-order valence-electron chi connectivity index (χ1n) is 8.72. The van der Waals surface area contributed by atoms with Gasteiger partial charge in [0.1, 0.15) is 17.3 Å². The fraction of sp³-hybridized carbons (Fsp3) is 0.190. The Balaban J connectivity index is 1.65. The van der Waals surface area contributed by atoms with Crippen LogP contribution in [-0.4, -0.2) is 22.4 Å². The highest BCUT2D eigenvalue weighted by molar-refractivity contribution is 6.30. The molecule has 0 saturated heterocycles. The van der Waals surface area contributed by atoms with Gasteiger partial charge in [-0.1, -0.05) is 41.9 Å². The lowest BCUT2D eigenvalue weighted by molar-refractivity contribution is 0.102. The molecule has 3 aromatic rings. The van der Waals surface area contributed by atoms with Crippen molar-refractivity contribution in [2.45, 2.75) is 20.3 Å². The molecule has 27 heavy (non-hydrogen) atoms. The number of aromatic nitrogens is 2. The molecule has 2 aromatic carbocycles. The van der Waals surface area contributed by atoms with Crippen LogP contribution in [0, 0.1) is 13.8 Å². The molecule has 1 amide bonds. The molecule has 0 radical (unpaired) electrons. The fourth-order valence-corrected chi connectivity index (χ4v) is 2.79. The summed E-state index contributed by atoms with van der Waals surface area (Å²) in [6, 6.07) is 17.0. The molecule has 0 atom stereocenters. The third kappa shape index (κ3) is 5.28. The predicted octanol–water partition coefficient (Wildman–Crippen LogP) is 4.65. The molecule has 0 saturated carbocycles. The molecule has 0 aliphatic rings. The van der Waals surface area contributed by atoms with Crippen LogP contribution in [0.2, 0.25) is 5.02 Å². The van der Waals surface area contributed by atoms with Crippen LogP contribution >= 0.6 is 11.6 Å². The van der Waals surface area contributed by atoms with E-state index in [2.05, 4.69) is 20.6 Å². The molecule has 138 valence electrons. The van der Waals surface area contributed by atoms with Crippen molar-refractivity contribution in [3.63, 3.8) is 0 Å². The largest absolute Gasteiger partial charge is 0.370 e. The number of carbonyl (C=O) groups excluding carboxylic acids is 1. The number of aryl methyl sites for hydroxylation is 2. The van der Waals surface area contributed by atoms with E-state index in [-0.39, 0.29) is 5.91 Å². The number of para-hydroxylation sites is 1. The van der Waals surface area contributed by atoms with Crippen molar-refractivity contribution in [1.82, 2.24) is 9.97 Å². The smallest absolute Gasteiger partial charge is 0.274 e. The van der Waals surface area contributed by atoms with Crippen LogP contribution in [0.4, 0.5) is 11.5 Å². The molecule has 0 aliphatic heterocycles. The average molecular weight is 381 g/mol. The van der Waals surface area contributed by atoms with E-state index in [0.29, 0.717) is 23.9 Å². The predicted molar refractivity (Wildman–Crippen MR) is 110 cm³/mol. The van der Waals surface area contributed by atoms with Crippen molar-refractivity contribution in [1.29, 1.82) is 0 Å². The molecule has 1 heterocycles. The first kappa shape index (κ1) is 18.9. The maximum atomic E-state index is 12.6. The average Bonchev–Trinajstić information content (AvgIpc) is 2.65. The Morgan fingerprint density at radius 3 is 2.52 bits per heavy atom. The zero-order valence-corrected chi connectivity index (χ0v) is 16.0. The first-order valence-corrected chi connectivity index (χ1v) is 9.10. The van der Waals surface area contributed by atoms with Crippen molar-refractivity contribution in [2.75, 3.05) is 17.2 Å². The Kier molecular flexibility index (Phi) is 6.04. The second-order valence-corrected chi connectivity index (χ2v) is 6.69. The van der Waals surface area contributed by atoms with Gasteiger partial charge in [0.15, 0.2) is 0 Å². The van der Waals surface area contributed by atoms with Gasteiger partial charge in [-0.2, -0.15) is 0 Å². The van der Waals surface area contributed by atoms with Crippen molar-refractivity contribution in [2.24, 2.45) is 0 Å². The van der Waals surface area contributed by atoms with E-state index in [4.69, 9.17) is 11.6 Å². The monoisotopic (exact) mass is 380 g/mol. The normalized spacial score (nSPS) is 10.5. The van der Waals surface area contributed by atoms with Gasteiger partial charge >= 0.3 is 0 Å². The lowest BCUT2D eigenvalue weighted by atomic mass is 10.1. The maximum Gasteiger partial charge on any atom is 0.274 e. The minimum absolute atomic E-state index is 0.254. The Labute approximate surface area is 163 Å². The highest BCUT2D eigenvalue weighted by atomic mass is 35.5. The molecule has 1 aromatic heterocycles. The number of rotatable bonds is 6. The standard InChI is InChI=1S/C21H21ClN4O/c1-14-5-3-4-6-18(14)26-21(27)19-13-20(25-15(2)24-19)23-12-11-16-7-9-17(22)10-8-16/h3-10,13H,11-12H2,1-2H3,(H,26,27)(H,23,24,25). The summed E-state index contributed by atoms with van der Waals surface area (Å²) in [5.41, 5.74) is 3.28. The van der Waals surface area contributed by atoms with E-state index in [1.807, 2.05) is 55.5 Å². The van der Waals surface area contributed by atoms with E-state index in [0.717, 1.165) is 22.7 Å². The molecular weight excluding hydrogens is 360 g/mol. The second kappa shape index (κ2) is 8.64. The van der Waals surface area contributed by atoms with Crippen molar-refractivity contribution < 1.29 is 4.79 Å². The molecule has 0 unspecified atom stereocenters. The van der Waals surface area contributed by atoms with Gasteiger partial charge in [-0.3, -0.25) is 4.79 Å². The van der Waals surface area contributed by atoms with E-state index in [1.54, 1.807) is 13.0 Å². The van der Waals surface area contributed by atoms with Gasteiger partial charge in [-0.05, 0) is 49.6 Å². The summed E-state index contributed by atoms with van der Waals surface area (Å²) < 4.78 is 0. The highest BCUT2D eigenvalue weighted by Crippen LogP contribution is 2.15. The van der Waals surface area contributed by atoms with Gasteiger partial charge < -0.3 is 10.6 Å². The van der Waals surface area contributed by atoms with Crippen molar-refractivity contribution in [3.05, 3.63) is 82.3 Å². The summed E-state index contributed by atoms with van der Waals surface area (Å²) in [5.74, 6) is 0.920. The van der Waals surface area contributed by atoms with Gasteiger partial charge in [0, 0.05) is 23.3 Å². The first-order chi connectivity index (χ1) is 13.0. The Morgan fingerprint density at radius 1 is 1.04 bits per heavy atom. The summed E-state index contributed by atoms with van der Waals surface area (Å²) in [6.45, 7) is 4.41. The van der Waals surface area contributed by atoms with Crippen LogP contribution in [0.25, 0.3) is 0 Å². The molecule has 0 bridgehead atoms. The number of benzene rings is 2. The van der Waals surface area contributed by atoms with Gasteiger partial charge in [0.25, 0.3) is 5.91 Å². The molecule has 5 nitrogen and oxygen atoms in total. The number of nitrogens with one attached hydrogen (secondary N) is 2. The Hall–Kier alpha value is -2.92. The Morgan fingerprint density at radius 2 is 1.78 bits per heavy atom. The third-order valence-electron chi connectivity index (χ3n) is 4.10. The molecular formula is C21H21ClN4O. The van der Waals surface area contributed by atoms with E-state index < -0.39 is 0 Å². The quantitative estimate of drug-likeness (QED) is 0.653. The van der Waals surface area contributed by atoms with Crippen LogP contribution in [0.3, 0.4) is 0 Å². The minimum Gasteiger partial charge on any atom is -0.370 e. The number of halogens is 1. The molecule has 0 fully saturated rings. The highest BCUT2D eigenvalue weighted by Gasteiger charge is 2.12. The second-order valence-electron chi connectivity index (χ2n) is 6.26. The van der Waals surface area contributed by atoms with Gasteiger partial charge in [-0.25, -0.2) is 9.97 Å². The number of hydrogen-bond donors (Lipinski definition) is 2. The van der Waals surface area contributed by atoms with Crippen LogP contribution in [0.15, 0.2) is 54.6 Å². The summed E-state index contributed by atoms with van der Waals surface area (Å²) in [5, 5.41) is 6.88. The maximum absolute atomic E-state index is 12.6. The fourth-order valence-electron chi connectivity index (χ4n) is 2.66. The van der Waals surface area contributed by atoms with Crippen molar-refractivity contribution >= 4 is 29.0 Å². The van der Waals surface area contributed by atoms with Gasteiger partial charge in [-0.15, -0.1) is 0 Å². The summed E-state index contributed by atoms with van der Waals surface area (Å²) in [7, 11) is 0. The van der Waals surface area contributed by atoms with Gasteiger partial charge in [0.05, 0.1) is 0 Å². The molecule has 6 heteroatoms. The van der Waals surface area contributed by atoms with Crippen molar-refractivity contribution in [3.8, 4) is 0 Å².